The van der Waals surface area contributed by atoms with Crippen molar-refractivity contribution in [2.75, 3.05) is 44.2 Å². The summed E-state index contributed by atoms with van der Waals surface area (Å²) in [5.74, 6) is 1.18. The number of anilines is 1. The third-order valence-electron chi connectivity index (χ3n) is 7.51. The Labute approximate surface area is 183 Å². The van der Waals surface area contributed by atoms with E-state index >= 15 is 0 Å². The number of piperazine rings is 1. The van der Waals surface area contributed by atoms with Gasteiger partial charge in [0, 0.05) is 56.0 Å². The molecule has 0 N–H and O–H groups in total. The Morgan fingerprint density at radius 1 is 0.767 bits per heavy atom. The molecule has 1 atom stereocenters. The van der Waals surface area contributed by atoms with E-state index in [4.69, 9.17) is 4.98 Å². The summed E-state index contributed by atoms with van der Waals surface area (Å²) < 4.78 is 0. The number of hydrogen-bond acceptors (Lipinski definition) is 5. The Kier molecular flexibility index (Phi) is 5.98. The standard InChI is InChI=1S/C23H34N4O2S/c28-21(17-6-5-7-17)26-12-14-27(15-13-26)23-24-19-9-8-18(16-20(19)30-23)22(29)25-10-3-1-2-4-11-25/h17-18H,1-16H2/t18-/m0/s1. The number of aromatic nitrogens is 1. The molecule has 2 aliphatic heterocycles. The van der Waals surface area contributed by atoms with Crippen molar-refractivity contribution in [1.29, 1.82) is 0 Å². The van der Waals surface area contributed by atoms with E-state index < -0.39 is 0 Å². The molecule has 6 nitrogen and oxygen atoms in total. The molecule has 2 aliphatic carbocycles. The van der Waals surface area contributed by atoms with Gasteiger partial charge in [-0.05, 0) is 44.9 Å². The van der Waals surface area contributed by atoms with Crippen LogP contribution in [0, 0.1) is 11.8 Å². The Morgan fingerprint density at radius 2 is 1.43 bits per heavy atom. The van der Waals surface area contributed by atoms with Gasteiger partial charge in [-0.25, -0.2) is 4.98 Å². The van der Waals surface area contributed by atoms with Crippen molar-refractivity contribution in [3.8, 4) is 0 Å². The molecule has 4 aliphatic rings. The summed E-state index contributed by atoms with van der Waals surface area (Å²) in [7, 11) is 0. The Morgan fingerprint density at radius 3 is 2.10 bits per heavy atom. The van der Waals surface area contributed by atoms with Crippen LogP contribution in [-0.4, -0.2) is 65.9 Å². The molecule has 1 aromatic rings. The first-order valence-electron chi connectivity index (χ1n) is 12.0. The molecule has 1 saturated carbocycles. The number of fused-ring (bicyclic) bond motifs is 1. The minimum atomic E-state index is 0.140. The average Bonchev–Trinajstić information content (AvgIpc) is 2.97. The zero-order valence-electron chi connectivity index (χ0n) is 18.0. The fourth-order valence-electron chi connectivity index (χ4n) is 5.29. The second-order valence-corrected chi connectivity index (χ2v) is 10.5. The predicted octanol–water partition coefficient (Wildman–Crippen LogP) is 3.10. The van der Waals surface area contributed by atoms with Crippen LogP contribution in [0.1, 0.15) is 61.9 Å². The monoisotopic (exact) mass is 430 g/mol. The van der Waals surface area contributed by atoms with Crippen molar-refractivity contribution in [3.63, 3.8) is 0 Å². The van der Waals surface area contributed by atoms with E-state index in [1.807, 2.05) is 0 Å². The number of nitrogens with zero attached hydrogens (tertiary/aromatic N) is 4. The number of thiazole rings is 1. The normalized spacial score (nSPS) is 25.5. The van der Waals surface area contributed by atoms with Gasteiger partial charge >= 0.3 is 0 Å². The van der Waals surface area contributed by atoms with Crippen LogP contribution in [0.3, 0.4) is 0 Å². The fraction of sp³-hybridized carbons (Fsp3) is 0.783. The summed E-state index contributed by atoms with van der Waals surface area (Å²) in [5.41, 5.74) is 1.21. The lowest BCUT2D eigenvalue weighted by molar-refractivity contribution is -0.138. The van der Waals surface area contributed by atoms with E-state index in [9.17, 15) is 9.59 Å². The van der Waals surface area contributed by atoms with Crippen LogP contribution >= 0.6 is 11.3 Å². The molecule has 2 saturated heterocycles. The van der Waals surface area contributed by atoms with E-state index in [0.29, 0.717) is 17.7 Å². The quantitative estimate of drug-likeness (QED) is 0.739. The van der Waals surface area contributed by atoms with Gasteiger partial charge in [-0.1, -0.05) is 19.3 Å². The largest absolute Gasteiger partial charge is 0.345 e. The molecule has 0 aromatic carbocycles. The van der Waals surface area contributed by atoms with Gasteiger partial charge in [-0.3, -0.25) is 9.59 Å². The highest BCUT2D eigenvalue weighted by atomic mass is 32.1. The highest BCUT2D eigenvalue weighted by molar-refractivity contribution is 7.15. The molecule has 5 rings (SSSR count). The maximum Gasteiger partial charge on any atom is 0.226 e. The van der Waals surface area contributed by atoms with Crippen LogP contribution in [0.4, 0.5) is 5.13 Å². The maximum absolute atomic E-state index is 13.1. The summed E-state index contributed by atoms with van der Waals surface area (Å²) in [5, 5.41) is 1.10. The summed E-state index contributed by atoms with van der Waals surface area (Å²) in [6, 6.07) is 0. The molecular formula is C23H34N4O2S. The molecule has 0 radical (unpaired) electrons. The van der Waals surface area contributed by atoms with Crippen LogP contribution in [0.15, 0.2) is 0 Å². The lowest BCUT2D eigenvalue weighted by Crippen LogP contribution is -2.51. The number of rotatable bonds is 3. The van der Waals surface area contributed by atoms with Gasteiger partial charge in [0.1, 0.15) is 0 Å². The fourth-order valence-corrected chi connectivity index (χ4v) is 6.53. The van der Waals surface area contributed by atoms with Crippen LogP contribution in [-0.2, 0) is 22.4 Å². The minimum Gasteiger partial charge on any atom is -0.345 e. The smallest absolute Gasteiger partial charge is 0.226 e. The van der Waals surface area contributed by atoms with E-state index in [1.54, 1.807) is 11.3 Å². The van der Waals surface area contributed by atoms with Crippen LogP contribution in [0.25, 0.3) is 0 Å². The summed E-state index contributed by atoms with van der Waals surface area (Å²) in [6.07, 6.45) is 10.9. The van der Waals surface area contributed by atoms with Gasteiger partial charge in [0.2, 0.25) is 11.8 Å². The summed E-state index contributed by atoms with van der Waals surface area (Å²) in [6.45, 7) is 5.27. The molecule has 1 aromatic heterocycles. The SMILES string of the molecule is O=C(C1CCC1)N1CCN(c2nc3c(s2)C[C@@H](C(=O)N2CCCCCC2)CC3)CC1. The Balaban J connectivity index is 1.18. The van der Waals surface area contributed by atoms with Crippen LogP contribution in [0.2, 0.25) is 0 Å². The van der Waals surface area contributed by atoms with E-state index in [2.05, 4.69) is 14.7 Å². The van der Waals surface area contributed by atoms with Gasteiger partial charge in [0.15, 0.2) is 5.13 Å². The number of hydrogen-bond donors (Lipinski definition) is 0. The van der Waals surface area contributed by atoms with E-state index in [0.717, 1.165) is 89.3 Å². The molecular weight excluding hydrogens is 396 g/mol. The zero-order chi connectivity index (χ0) is 20.5. The number of carbonyl (C=O) groups excluding carboxylic acids is 2. The highest BCUT2D eigenvalue weighted by Crippen LogP contribution is 2.36. The first-order chi connectivity index (χ1) is 14.7. The van der Waals surface area contributed by atoms with Gasteiger partial charge in [-0.2, -0.15) is 0 Å². The van der Waals surface area contributed by atoms with Gasteiger partial charge < -0.3 is 14.7 Å². The number of likely N-dealkylation sites (tertiary alicyclic amines) is 1. The molecule has 0 spiro atoms. The molecule has 3 heterocycles. The lowest BCUT2D eigenvalue weighted by atomic mass is 9.84. The van der Waals surface area contributed by atoms with Gasteiger partial charge in [0.25, 0.3) is 0 Å². The summed E-state index contributed by atoms with van der Waals surface area (Å²) in [4.78, 5) is 38.4. The van der Waals surface area contributed by atoms with Crippen molar-refractivity contribution in [1.82, 2.24) is 14.8 Å². The predicted molar refractivity (Wildman–Crippen MR) is 119 cm³/mol. The highest BCUT2D eigenvalue weighted by Gasteiger charge is 2.34. The number of amides is 2. The molecule has 3 fully saturated rings. The maximum atomic E-state index is 13.1. The lowest BCUT2D eigenvalue weighted by Gasteiger charge is -2.38. The topological polar surface area (TPSA) is 56.8 Å². The number of carbonyl (C=O) groups is 2. The minimum absolute atomic E-state index is 0.140. The second-order valence-electron chi connectivity index (χ2n) is 9.49. The zero-order valence-corrected chi connectivity index (χ0v) is 18.8. The first kappa shape index (κ1) is 20.3. The van der Waals surface area contributed by atoms with Crippen molar-refractivity contribution >= 4 is 28.3 Å². The Bertz CT molecular complexity index is 774. The molecule has 2 amide bonds. The van der Waals surface area contributed by atoms with Crippen molar-refractivity contribution in [3.05, 3.63) is 10.6 Å². The molecule has 0 unspecified atom stereocenters. The van der Waals surface area contributed by atoms with E-state index in [-0.39, 0.29) is 5.92 Å². The molecule has 30 heavy (non-hydrogen) atoms. The molecule has 164 valence electrons. The van der Waals surface area contributed by atoms with Crippen LogP contribution < -0.4 is 4.90 Å². The third kappa shape index (κ3) is 4.10. The third-order valence-corrected chi connectivity index (χ3v) is 8.69. The van der Waals surface area contributed by atoms with Crippen molar-refractivity contribution < 1.29 is 9.59 Å². The Hall–Kier alpha value is -1.63. The van der Waals surface area contributed by atoms with Gasteiger partial charge in [0.05, 0.1) is 5.69 Å². The second kappa shape index (κ2) is 8.85. The average molecular weight is 431 g/mol. The van der Waals surface area contributed by atoms with Crippen LogP contribution in [0.5, 0.6) is 0 Å². The van der Waals surface area contributed by atoms with Crippen molar-refractivity contribution in [2.45, 2.75) is 64.2 Å². The van der Waals surface area contributed by atoms with Gasteiger partial charge in [-0.15, -0.1) is 11.3 Å². The molecule has 7 heteroatoms. The van der Waals surface area contributed by atoms with Crippen molar-refractivity contribution in [2.24, 2.45) is 11.8 Å². The number of aryl methyl sites for hydroxylation is 1. The van der Waals surface area contributed by atoms with E-state index in [1.165, 1.54) is 29.8 Å². The molecule has 0 bridgehead atoms. The summed E-state index contributed by atoms with van der Waals surface area (Å²) >= 11 is 1.79. The first-order valence-corrected chi connectivity index (χ1v) is 12.8.